The summed E-state index contributed by atoms with van der Waals surface area (Å²) in [6, 6.07) is 7.05. The molecule has 1 fully saturated rings. The maximum Gasteiger partial charge on any atom is 0.406 e. The molecule has 1 N–H and O–H groups in total. The molecule has 0 heterocycles. The smallest absolute Gasteiger partial charge is 0.406 e. The number of benzene rings is 1. The number of rotatable bonds is 4. The van der Waals surface area contributed by atoms with E-state index in [4.69, 9.17) is 4.74 Å². The van der Waals surface area contributed by atoms with E-state index in [1.807, 2.05) is 0 Å². The first-order valence-electron chi connectivity index (χ1n) is 5.41. The first-order valence-corrected chi connectivity index (χ1v) is 5.41. The number of hydrogen-bond donors (Lipinski definition) is 1. The van der Waals surface area contributed by atoms with E-state index in [0.29, 0.717) is 5.75 Å². The zero-order valence-electron chi connectivity index (χ0n) is 9.47. The molecule has 1 aliphatic rings. The van der Waals surface area contributed by atoms with Crippen LogP contribution in [-0.2, 0) is 6.54 Å². The molecule has 1 aromatic carbocycles. The summed E-state index contributed by atoms with van der Waals surface area (Å²) < 4.78 is 43.0. The van der Waals surface area contributed by atoms with Gasteiger partial charge < -0.3 is 4.74 Å². The average Bonchev–Trinajstić information content (AvgIpc) is 3.07. The number of halogens is 3. The van der Waals surface area contributed by atoms with E-state index in [9.17, 15) is 13.2 Å². The van der Waals surface area contributed by atoms with Crippen LogP contribution >= 0.6 is 0 Å². The van der Waals surface area contributed by atoms with Crippen LogP contribution in [0.2, 0.25) is 0 Å². The number of methoxy groups -OCH3 is 1. The van der Waals surface area contributed by atoms with Crippen molar-refractivity contribution in [3.05, 3.63) is 29.8 Å². The molecule has 1 aliphatic carbocycles. The van der Waals surface area contributed by atoms with Crippen LogP contribution < -0.4 is 10.1 Å². The van der Waals surface area contributed by atoms with Crippen molar-refractivity contribution in [1.29, 1.82) is 0 Å². The van der Waals surface area contributed by atoms with Crippen molar-refractivity contribution < 1.29 is 17.9 Å². The zero-order chi connectivity index (χ0) is 12.5. The fourth-order valence-corrected chi connectivity index (χ4v) is 1.74. The zero-order valence-corrected chi connectivity index (χ0v) is 9.47. The van der Waals surface area contributed by atoms with Crippen LogP contribution in [0.3, 0.4) is 0 Å². The van der Waals surface area contributed by atoms with Crippen LogP contribution in [0.25, 0.3) is 0 Å². The Hall–Kier alpha value is -1.23. The van der Waals surface area contributed by atoms with Crippen molar-refractivity contribution in [2.45, 2.75) is 31.1 Å². The fourth-order valence-electron chi connectivity index (χ4n) is 1.74. The Morgan fingerprint density at radius 3 is 2.59 bits per heavy atom. The Balaban J connectivity index is 1.98. The van der Waals surface area contributed by atoms with Crippen molar-refractivity contribution in [3.8, 4) is 5.75 Å². The third-order valence-corrected chi connectivity index (χ3v) is 3.06. The summed E-state index contributed by atoms with van der Waals surface area (Å²) >= 11 is 0. The lowest BCUT2D eigenvalue weighted by Crippen LogP contribution is -2.44. The van der Waals surface area contributed by atoms with Gasteiger partial charge in [-0.25, -0.2) is 0 Å². The van der Waals surface area contributed by atoms with Gasteiger partial charge in [-0.1, -0.05) is 12.1 Å². The minimum Gasteiger partial charge on any atom is -0.497 e. The van der Waals surface area contributed by atoms with Crippen LogP contribution in [0, 0.1) is 0 Å². The van der Waals surface area contributed by atoms with Gasteiger partial charge in [0, 0.05) is 6.54 Å². The first-order chi connectivity index (χ1) is 7.97. The van der Waals surface area contributed by atoms with E-state index in [0.717, 1.165) is 5.56 Å². The molecule has 17 heavy (non-hydrogen) atoms. The van der Waals surface area contributed by atoms with Crippen LogP contribution in [0.5, 0.6) is 5.75 Å². The van der Waals surface area contributed by atoms with Gasteiger partial charge in [-0.3, -0.25) is 5.32 Å². The van der Waals surface area contributed by atoms with Crippen molar-refractivity contribution in [1.82, 2.24) is 5.32 Å². The molecule has 1 saturated carbocycles. The Morgan fingerprint density at radius 1 is 1.35 bits per heavy atom. The molecule has 94 valence electrons. The van der Waals surface area contributed by atoms with E-state index in [2.05, 4.69) is 5.32 Å². The summed E-state index contributed by atoms with van der Waals surface area (Å²) in [5.74, 6) is 0.654. The lowest BCUT2D eigenvalue weighted by atomic mass is 10.2. The first kappa shape index (κ1) is 12.2. The molecular formula is C12H14F3NO. The molecule has 0 bridgehead atoms. The van der Waals surface area contributed by atoms with Crippen molar-refractivity contribution in [2.24, 2.45) is 0 Å². The minimum absolute atomic E-state index is 0.167. The van der Waals surface area contributed by atoms with E-state index in [1.54, 1.807) is 24.3 Å². The van der Waals surface area contributed by atoms with Crippen LogP contribution in [-0.4, -0.2) is 18.8 Å². The van der Waals surface area contributed by atoms with E-state index < -0.39 is 11.7 Å². The molecular weight excluding hydrogens is 231 g/mol. The van der Waals surface area contributed by atoms with Gasteiger partial charge in [0.05, 0.1) is 7.11 Å². The summed E-state index contributed by atoms with van der Waals surface area (Å²) in [5, 5.41) is 2.60. The van der Waals surface area contributed by atoms with Crippen LogP contribution in [0.1, 0.15) is 18.4 Å². The molecule has 0 radical (unpaired) electrons. The summed E-state index contributed by atoms with van der Waals surface area (Å²) in [6.45, 7) is 0.205. The topological polar surface area (TPSA) is 21.3 Å². The maximum atomic E-state index is 12.7. The molecule has 5 heteroatoms. The maximum absolute atomic E-state index is 12.7. The Bertz CT molecular complexity index is 399. The van der Waals surface area contributed by atoms with Gasteiger partial charge in [-0.15, -0.1) is 0 Å². The number of hydrogen-bond acceptors (Lipinski definition) is 2. The Morgan fingerprint density at radius 2 is 2.06 bits per heavy atom. The number of nitrogens with one attached hydrogen (secondary N) is 1. The third kappa shape index (κ3) is 2.54. The predicted octanol–water partition coefficient (Wildman–Crippen LogP) is 2.88. The van der Waals surface area contributed by atoms with Gasteiger partial charge in [-0.2, -0.15) is 13.2 Å². The molecule has 0 amide bonds. The molecule has 0 saturated heterocycles. The number of alkyl halides is 3. The van der Waals surface area contributed by atoms with E-state index >= 15 is 0 Å². The number of ether oxygens (including phenoxy) is 1. The summed E-state index contributed by atoms with van der Waals surface area (Å²) in [5.41, 5.74) is -0.865. The van der Waals surface area contributed by atoms with E-state index in [-0.39, 0.29) is 19.4 Å². The lowest BCUT2D eigenvalue weighted by molar-refractivity contribution is -0.166. The molecule has 0 aliphatic heterocycles. The molecule has 1 aromatic rings. The fraction of sp³-hybridized carbons (Fsp3) is 0.500. The van der Waals surface area contributed by atoms with E-state index in [1.165, 1.54) is 7.11 Å². The standard InChI is InChI=1S/C12H14F3NO/c1-17-10-4-2-3-9(7-10)8-16-11(5-6-11)12(13,14)15/h2-4,7,16H,5-6,8H2,1H3. The molecule has 0 unspecified atom stereocenters. The summed E-state index contributed by atoms with van der Waals surface area (Å²) in [7, 11) is 1.53. The Labute approximate surface area is 97.8 Å². The highest BCUT2D eigenvalue weighted by atomic mass is 19.4. The highest BCUT2D eigenvalue weighted by Crippen LogP contribution is 2.49. The monoisotopic (exact) mass is 245 g/mol. The normalized spacial score (nSPS) is 17.9. The predicted molar refractivity (Wildman–Crippen MR) is 57.9 cm³/mol. The largest absolute Gasteiger partial charge is 0.497 e. The SMILES string of the molecule is COc1cccc(CNC2(C(F)(F)F)CC2)c1. The molecule has 2 nitrogen and oxygen atoms in total. The van der Waals surface area contributed by atoms with Gasteiger partial charge in [0.1, 0.15) is 11.3 Å². The Kier molecular flexibility index (Phi) is 3.03. The molecule has 2 rings (SSSR count). The van der Waals surface area contributed by atoms with Crippen molar-refractivity contribution in [2.75, 3.05) is 7.11 Å². The highest BCUT2D eigenvalue weighted by Gasteiger charge is 2.62. The second-order valence-corrected chi connectivity index (χ2v) is 4.28. The highest BCUT2D eigenvalue weighted by molar-refractivity contribution is 5.28. The second kappa shape index (κ2) is 4.22. The van der Waals surface area contributed by atoms with Gasteiger partial charge in [0.2, 0.25) is 0 Å². The molecule has 0 atom stereocenters. The van der Waals surface area contributed by atoms with Crippen molar-refractivity contribution in [3.63, 3.8) is 0 Å². The third-order valence-electron chi connectivity index (χ3n) is 3.06. The van der Waals surface area contributed by atoms with Gasteiger partial charge >= 0.3 is 6.18 Å². The second-order valence-electron chi connectivity index (χ2n) is 4.28. The quantitative estimate of drug-likeness (QED) is 0.880. The average molecular weight is 245 g/mol. The summed E-state index contributed by atoms with van der Waals surface area (Å²) in [4.78, 5) is 0. The van der Waals surface area contributed by atoms with Gasteiger partial charge in [-0.05, 0) is 30.5 Å². The lowest BCUT2D eigenvalue weighted by Gasteiger charge is -2.20. The molecule has 0 aromatic heterocycles. The molecule has 0 spiro atoms. The van der Waals surface area contributed by atoms with Crippen LogP contribution in [0.15, 0.2) is 24.3 Å². The summed E-state index contributed by atoms with van der Waals surface area (Å²) in [6.07, 6.45) is -3.83. The van der Waals surface area contributed by atoms with Crippen molar-refractivity contribution >= 4 is 0 Å². The minimum atomic E-state index is -4.16. The van der Waals surface area contributed by atoms with Gasteiger partial charge in [0.25, 0.3) is 0 Å². The van der Waals surface area contributed by atoms with Crippen LogP contribution in [0.4, 0.5) is 13.2 Å². The van der Waals surface area contributed by atoms with Gasteiger partial charge in [0.15, 0.2) is 0 Å².